The molecule has 0 bridgehead atoms. The standard InChI is InChI=1S/C15H16Cl2N4/c1-11-5-6-14(19-18-11)21-9-7-20(8-10-21)13-4-2-3-12(16)15(13)17/h2-6H,7-10H2,1H3. The van der Waals surface area contributed by atoms with Crippen molar-refractivity contribution in [3.05, 3.63) is 46.1 Å². The van der Waals surface area contributed by atoms with Gasteiger partial charge in [0.15, 0.2) is 5.82 Å². The van der Waals surface area contributed by atoms with Crippen LogP contribution in [0.5, 0.6) is 0 Å². The lowest BCUT2D eigenvalue weighted by molar-refractivity contribution is 0.643. The molecule has 1 fully saturated rings. The number of hydrogen-bond donors (Lipinski definition) is 0. The molecule has 21 heavy (non-hydrogen) atoms. The molecule has 0 saturated carbocycles. The molecule has 3 rings (SSSR count). The van der Waals surface area contributed by atoms with Crippen LogP contribution < -0.4 is 9.80 Å². The number of piperazine rings is 1. The van der Waals surface area contributed by atoms with E-state index in [0.29, 0.717) is 10.0 Å². The molecule has 0 aliphatic carbocycles. The summed E-state index contributed by atoms with van der Waals surface area (Å²) in [4.78, 5) is 4.49. The van der Waals surface area contributed by atoms with Crippen molar-refractivity contribution in [1.82, 2.24) is 10.2 Å². The summed E-state index contributed by atoms with van der Waals surface area (Å²) in [5, 5.41) is 9.58. The van der Waals surface area contributed by atoms with Crippen molar-refractivity contribution in [3.63, 3.8) is 0 Å². The molecule has 1 aliphatic heterocycles. The van der Waals surface area contributed by atoms with Crippen LogP contribution in [-0.4, -0.2) is 36.4 Å². The molecule has 0 amide bonds. The van der Waals surface area contributed by atoms with Crippen molar-refractivity contribution in [2.75, 3.05) is 36.0 Å². The maximum atomic E-state index is 6.29. The molecule has 110 valence electrons. The Labute approximate surface area is 134 Å². The van der Waals surface area contributed by atoms with Gasteiger partial charge in [-0.05, 0) is 31.2 Å². The van der Waals surface area contributed by atoms with E-state index in [-0.39, 0.29) is 0 Å². The summed E-state index contributed by atoms with van der Waals surface area (Å²) in [6.07, 6.45) is 0. The van der Waals surface area contributed by atoms with Gasteiger partial charge in [0.05, 0.1) is 21.4 Å². The fourth-order valence-corrected chi connectivity index (χ4v) is 2.89. The maximum absolute atomic E-state index is 6.29. The number of aryl methyl sites for hydroxylation is 1. The van der Waals surface area contributed by atoms with Crippen LogP contribution in [0.4, 0.5) is 11.5 Å². The summed E-state index contributed by atoms with van der Waals surface area (Å²) in [6, 6.07) is 9.76. The first-order chi connectivity index (χ1) is 10.1. The number of hydrogen-bond acceptors (Lipinski definition) is 4. The number of benzene rings is 1. The van der Waals surface area contributed by atoms with Crippen LogP contribution in [0.3, 0.4) is 0 Å². The number of rotatable bonds is 2. The van der Waals surface area contributed by atoms with Crippen LogP contribution in [0.2, 0.25) is 10.0 Å². The SMILES string of the molecule is Cc1ccc(N2CCN(c3cccc(Cl)c3Cl)CC2)nn1. The third-order valence-corrected chi connectivity index (χ3v) is 4.47. The molecule has 0 unspecified atom stereocenters. The van der Waals surface area contributed by atoms with Gasteiger partial charge in [0.2, 0.25) is 0 Å². The Balaban J connectivity index is 1.70. The van der Waals surface area contributed by atoms with E-state index in [2.05, 4.69) is 20.0 Å². The van der Waals surface area contributed by atoms with E-state index < -0.39 is 0 Å². The number of nitrogens with zero attached hydrogens (tertiary/aromatic N) is 4. The monoisotopic (exact) mass is 322 g/mol. The highest BCUT2D eigenvalue weighted by Gasteiger charge is 2.20. The summed E-state index contributed by atoms with van der Waals surface area (Å²) in [7, 11) is 0. The first-order valence-corrected chi connectivity index (χ1v) is 7.65. The van der Waals surface area contributed by atoms with E-state index in [0.717, 1.165) is 43.4 Å². The summed E-state index contributed by atoms with van der Waals surface area (Å²) in [5.74, 6) is 0.928. The Bertz CT molecular complexity index is 622. The van der Waals surface area contributed by atoms with E-state index >= 15 is 0 Å². The third-order valence-electron chi connectivity index (χ3n) is 3.66. The highest BCUT2D eigenvalue weighted by Crippen LogP contribution is 2.33. The van der Waals surface area contributed by atoms with Gasteiger partial charge in [0.1, 0.15) is 0 Å². The zero-order valence-corrected chi connectivity index (χ0v) is 13.3. The Morgan fingerprint density at radius 3 is 2.29 bits per heavy atom. The Morgan fingerprint density at radius 1 is 0.905 bits per heavy atom. The molecule has 2 aromatic rings. The summed E-state index contributed by atoms with van der Waals surface area (Å²) < 4.78 is 0. The minimum Gasteiger partial charge on any atom is -0.367 e. The van der Waals surface area contributed by atoms with Gasteiger partial charge in [-0.2, -0.15) is 5.10 Å². The van der Waals surface area contributed by atoms with Gasteiger partial charge < -0.3 is 9.80 Å². The van der Waals surface area contributed by atoms with Gasteiger partial charge in [0.25, 0.3) is 0 Å². The molecule has 0 atom stereocenters. The van der Waals surface area contributed by atoms with Gasteiger partial charge in [-0.3, -0.25) is 0 Å². The van der Waals surface area contributed by atoms with E-state index in [1.54, 1.807) is 0 Å². The van der Waals surface area contributed by atoms with Crippen molar-refractivity contribution >= 4 is 34.7 Å². The quantitative estimate of drug-likeness (QED) is 0.848. The molecule has 1 saturated heterocycles. The molecule has 4 nitrogen and oxygen atoms in total. The van der Waals surface area contributed by atoms with Crippen LogP contribution in [-0.2, 0) is 0 Å². The molecule has 0 spiro atoms. The second-order valence-corrected chi connectivity index (χ2v) is 5.87. The minimum atomic E-state index is 0.598. The maximum Gasteiger partial charge on any atom is 0.151 e. The van der Waals surface area contributed by atoms with Gasteiger partial charge in [-0.1, -0.05) is 29.3 Å². The van der Waals surface area contributed by atoms with Crippen LogP contribution in [0.25, 0.3) is 0 Å². The Morgan fingerprint density at radius 2 is 1.62 bits per heavy atom. The van der Waals surface area contributed by atoms with Crippen LogP contribution in [0.1, 0.15) is 5.69 Å². The molecular weight excluding hydrogens is 307 g/mol. The number of halogens is 2. The normalized spacial score (nSPS) is 15.4. The molecule has 6 heteroatoms. The van der Waals surface area contributed by atoms with Gasteiger partial charge in [-0.25, -0.2) is 0 Å². The predicted molar refractivity (Wildman–Crippen MR) is 87.7 cm³/mol. The van der Waals surface area contributed by atoms with E-state index in [4.69, 9.17) is 23.2 Å². The van der Waals surface area contributed by atoms with Gasteiger partial charge >= 0.3 is 0 Å². The fourth-order valence-electron chi connectivity index (χ4n) is 2.47. The van der Waals surface area contributed by atoms with E-state index in [1.165, 1.54) is 0 Å². The Hall–Kier alpha value is -1.52. The highest BCUT2D eigenvalue weighted by molar-refractivity contribution is 6.43. The molecule has 0 radical (unpaired) electrons. The van der Waals surface area contributed by atoms with Crippen molar-refractivity contribution in [2.24, 2.45) is 0 Å². The van der Waals surface area contributed by atoms with Crippen molar-refractivity contribution in [1.29, 1.82) is 0 Å². The highest BCUT2D eigenvalue weighted by atomic mass is 35.5. The van der Waals surface area contributed by atoms with Crippen LogP contribution in [0, 0.1) is 6.92 Å². The lowest BCUT2D eigenvalue weighted by Gasteiger charge is -2.37. The second kappa shape index (κ2) is 6.08. The number of anilines is 2. The van der Waals surface area contributed by atoms with E-state index in [9.17, 15) is 0 Å². The molecule has 1 aromatic carbocycles. The van der Waals surface area contributed by atoms with Crippen molar-refractivity contribution in [2.45, 2.75) is 6.92 Å². The zero-order chi connectivity index (χ0) is 14.8. The lowest BCUT2D eigenvalue weighted by atomic mass is 10.2. The largest absolute Gasteiger partial charge is 0.367 e. The molecular formula is C15H16Cl2N4. The van der Waals surface area contributed by atoms with E-state index in [1.807, 2.05) is 37.3 Å². The zero-order valence-electron chi connectivity index (χ0n) is 11.8. The Kier molecular flexibility index (Phi) is 4.17. The average molecular weight is 323 g/mol. The third kappa shape index (κ3) is 3.06. The predicted octanol–water partition coefficient (Wildman–Crippen LogP) is 3.42. The minimum absolute atomic E-state index is 0.598. The summed E-state index contributed by atoms with van der Waals surface area (Å²) in [6.45, 7) is 5.49. The van der Waals surface area contributed by atoms with Crippen LogP contribution in [0.15, 0.2) is 30.3 Å². The van der Waals surface area contributed by atoms with Crippen molar-refractivity contribution in [3.8, 4) is 0 Å². The first-order valence-electron chi connectivity index (χ1n) is 6.89. The molecule has 0 N–H and O–H groups in total. The van der Waals surface area contributed by atoms with Crippen molar-refractivity contribution < 1.29 is 0 Å². The first kappa shape index (κ1) is 14.4. The lowest BCUT2D eigenvalue weighted by Crippen LogP contribution is -2.47. The smallest absolute Gasteiger partial charge is 0.151 e. The van der Waals surface area contributed by atoms with Gasteiger partial charge in [0, 0.05) is 26.2 Å². The van der Waals surface area contributed by atoms with Crippen LogP contribution >= 0.6 is 23.2 Å². The topological polar surface area (TPSA) is 32.3 Å². The average Bonchev–Trinajstić information content (AvgIpc) is 2.51. The molecule has 1 aliphatic rings. The summed E-state index contributed by atoms with van der Waals surface area (Å²) >= 11 is 12.4. The fraction of sp³-hybridized carbons (Fsp3) is 0.333. The number of aromatic nitrogens is 2. The second-order valence-electron chi connectivity index (χ2n) is 5.08. The molecule has 2 heterocycles. The van der Waals surface area contributed by atoms with Gasteiger partial charge in [-0.15, -0.1) is 5.10 Å². The molecule has 1 aromatic heterocycles. The summed E-state index contributed by atoms with van der Waals surface area (Å²) in [5.41, 5.74) is 1.93.